The minimum absolute atomic E-state index is 0.214. The molecule has 1 aromatic rings. The lowest BCUT2D eigenvalue weighted by molar-refractivity contribution is -0.128. The number of halogens is 1. The first-order valence-electron chi connectivity index (χ1n) is 11.2. The number of benzene rings is 1. The number of alkyl halides is 1. The highest BCUT2D eigenvalue weighted by molar-refractivity contribution is 9.09. The van der Waals surface area contributed by atoms with Crippen molar-refractivity contribution < 1.29 is 9.53 Å². The van der Waals surface area contributed by atoms with Crippen molar-refractivity contribution in [3.8, 4) is 5.75 Å². The maximum Gasteiger partial charge on any atom is 0.223 e. The van der Waals surface area contributed by atoms with Crippen molar-refractivity contribution in [2.75, 3.05) is 18.5 Å². The monoisotopic (exact) mass is 447 g/mol. The number of carbonyl (C=O) groups excluding carboxylic acids is 1. The van der Waals surface area contributed by atoms with Crippen molar-refractivity contribution in [2.24, 2.45) is 23.2 Å². The van der Waals surface area contributed by atoms with Crippen molar-refractivity contribution in [3.05, 3.63) is 29.3 Å². The number of amides is 1. The number of hydrogen-bond donors (Lipinski definition) is 1. The van der Waals surface area contributed by atoms with Gasteiger partial charge in [0.25, 0.3) is 0 Å². The molecule has 0 bridgehead atoms. The van der Waals surface area contributed by atoms with E-state index in [1.807, 2.05) is 6.92 Å². The van der Waals surface area contributed by atoms with E-state index in [2.05, 4.69) is 46.4 Å². The highest BCUT2D eigenvalue weighted by Gasteiger charge is 2.56. The number of aryl methyl sites for hydroxylation is 1. The van der Waals surface area contributed by atoms with Gasteiger partial charge in [0, 0.05) is 17.8 Å². The van der Waals surface area contributed by atoms with Crippen LogP contribution < -0.4 is 10.1 Å². The summed E-state index contributed by atoms with van der Waals surface area (Å²) >= 11 is 3.46. The fraction of sp³-hybridized carbons (Fsp3) is 0.708. The number of ether oxygens (including phenoxy) is 1. The molecular weight excluding hydrogens is 414 g/mol. The van der Waals surface area contributed by atoms with Crippen molar-refractivity contribution in [1.29, 1.82) is 0 Å². The van der Waals surface area contributed by atoms with Crippen LogP contribution in [0, 0.1) is 23.2 Å². The van der Waals surface area contributed by atoms with Crippen LogP contribution in [0.2, 0.25) is 0 Å². The Morgan fingerprint density at radius 3 is 2.89 bits per heavy atom. The van der Waals surface area contributed by atoms with Crippen LogP contribution in [0.25, 0.3) is 0 Å². The fourth-order valence-electron chi connectivity index (χ4n) is 6.56. The van der Waals surface area contributed by atoms with Crippen molar-refractivity contribution in [1.82, 2.24) is 5.32 Å². The Kier molecular flexibility index (Phi) is 6.06. The van der Waals surface area contributed by atoms with Gasteiger partial charge in [-0.25, -0.2) is 0 Å². The van der Waals surface area contributed by atoms with Gasteiger partial charge >= 0.3 is 0 Å². The molecule has 0 unspecified atom stereocenters. The van der Waals surface area contributed by atoms with Gasteiger partial charge in [0.1, 0.15) is 5.75 Å². The first kappa shape index (κ1) is 20.3. The van der Waals surface area contributed by atoms with Crippen LogP contribution in [-0.4, -0.2) is 24.4 Å². The first-order chi connectivity index (χ1) is 13.6. The van der Waals surface area contributed by atoms with E-state index in [1.165, 1.54) is 36.8 Å². The molecule has 3 nitrogen and oxygen atoms in total. The molecule has 3 aliphatic carbocycles. The van der Waals surface area contributed by atoms with Gasteiger partial charge < -0.3 is 10.1 Å². The summed E-state index contributed by atoms with van der Waals surface area (Å²) in [5, 5.41) is 4.11. The zero-order chi connectivity index (χ0) is 19.7. The molecule has 4 heteroatoms. The molecule has 0 saturated heterocycles. The number of rotatable bonds is 6. The van der Waals surface area contributed by atoms with E-state index < -0.39 is 0 Å². The molecule has 1 aromatic carbocycles. The average molecular weight is 448 g/mol. The lowest BCUT2D eigenvalue weighted by Crippen LogP contribution is -2.45. The highest BCUT2D eigenvalue weighted by atomic mass is 79.9. The van der Waals surface area contributed by atoms with Gasteiger partial charge in [-0.2, -0.15) is 0 Å². The number of hydrogen-bond acceptors (Lipinski definition) is 2. The quantitative estimate of drug-likeness (QED) is 0.464. The van der Waals surface area contributed by atoms with E-state index in [0.29, 0.717) is 29.1 Å². The second kappa shape index (κ2) is 8.38. The maximum atomic E-state index is 12.8. The number of nitrogens with one attached hydrogen (secondary N) is 1. The second-order valence-corrected chi connectivity index (χ2v) is 10.1. The van der Waals surface area contributed by atoms with Crippen LogP contribution in [0.1, 0.15) is 69.4 Å². The van der Waals surface area contributed by atoms with Crippen LogP contribution >= 0.6 is 15.9 Å². The Labute approximate surface area is 178 Å². The smallest absolute Gasteiger partial charge is 0.223 e. The molecule has 0 aromatic heterocycles. The summed E-state index contributed by atoms with van der Waals surface area (Å²) in [6.07, 6.45) is 8.20. The fourth-order valence-corrected chi connectivity index (χ4v) is 6.79. The van der Waals surface area contributed by atoms with Gasteiger partial charge in [-0.05, 0) is 98.3 Å². The van der Waals surface area contributed by atoms with Gasteiger partial charge in [0.2, 0.25) is 5.91 Å². The molecule has 2 saturated carbocycles. The second-order valence-electron chi connectivity index (χ2n) is 9.32. The zero-order valence-electron chi connectivity index (χ0n) is 17.3. The Hall–Kier alpha value is -1.03. The third-order valence-electron chi connectivity index (χ3n) is 7.76. The van der Waals surface area contributed by atoms with E-state index >= 15 is 0 Å². The van der Waals surface area contributed by atoms with Gasteiger partial charge in [-0.15, -0.1) is 0 Å². The Balaban J connectivity index is 1.56. The van der Waals surface area contributed by atoms with Crippen LogP contribution in [0.15, 0.2) is 18.2 Å². The van der Waals surface area contributed by atoms with E-state index in [-0.39, 0.29) is 5.92 Å². The van der Waals surface area contributed by atoms with E-state index in [1.54, 1.807) is 0 Å². The van der Waals surface area contributed by atoms with Gasteiger partial charge in [-0.1, -0.05) is 28.9 Å². The third kappa shape index (κ3) is 3.62. The zero-order valence-corrected chi connectivity index (χ0v) is 18.9. The largest absolute Gasteiger partial charge is 0.494 e. The molecule has 4 rings (SSSR count). The molecule has 0 aliphatic heterocycles. The van der Waals surface area contributed by atoms with E-state index in [9.17, 15) is 4.79 Å². The van der Waals surface area contributed by atoms with Crippen LogP contribution in [-0.2, 0) is 11.2 Å². The summed E-state index contributed by atoms with van der Waals surface area (Å²) in [4.78, 5) is 12.8. The SMILES string of the molecule is CCNC(=O)[C@H]1CC[C@@]2(C)CC[C@@H]3c4ccc(OCCCBr)cc4CC[C@H]3[C@H]12. The van der Waals surface area contributed by atoms with E-state index in [0.717, 1.165) is 43.5 Å². The number of carbonyl (C=O) groups is 1. The topological polar surface area (TPSA) is 38.3 Å². The molecule has 28 heavy (non-hydrogen) atoms. The minimum Gasteiger partial charge on any atom is -0.494 e. The lowest BCUT2D eigenvalue weighted by atomic mass is 9.54. The summed E-state index contributed by atoms with van der Waals surface area (Å²) in [5.41, 5.74) is 3.37. The maximum absolute atomic E-state index is 12.8. The normalized spacial score (nSPS) is 33.5. The molecule has 5 atom stereocenters. The predicted molar refractivity (Wildman–Crippen MR) is 117 cm³/mol. The number of fused-ring (bicyclic) bond motifs is 5. The third-order valence-corrected chi connectivity index (χ3v) is 8.33. The summed E-state index contributed by atoms with van der Waals surface area (Å²) in [7, 11) is 0. The molecule has 154 valence electrons. The first-order valence-corrected chi connectivity index (χ1v) is 12.3. The summed E-state index contributed by atoms with van der Waals surface area (Å²) in [5.74, 6) is 3.35. The van der Waals surface area contributed by atoms with Crippen molar-refractivity contribution in [3.63, 3.8) is 0 Å². The summed E-state index contributed by atoms with van der Waals surface area (Å²) < 4.78 is 5.93. The molecule has 0 spiro atoms. The lowest BCUT2D eigenvalue weighted by Gasteiger charge is -2.50. The van der Waals surface area contributed by atoms with Crippen molar-refractivity contribution >= 4 is 21.8 Å². The summed E-state index contributed by atoms with van der Waals surface area (Å²) in [6.45, 7) is 6.01. The molecule has 3 aliphatic rings. The predicted octanol–water partition coefficient (Wildman–Crippen LogP) is 5.46. The summed E-state index contributed by atoms with van der Waals surface area (Å²) in [6, 6.07) is 6.77. The molecule has 1 N–H and O–H groups in total. The van der Waals surface area contributed by atoms with Crippen LogP contribution in [0.4, 0.5) is 0 Å². The molecule has 0 radical (unpaired) electrons. The molecule has 2 fully saturated rings. The van der Waals surface area contributed by atoms with Gasteiger partial charge in [0.05, 0.1) is 6.61 Å². The van der Waals surface area contributed by atoms with Gasteiger partial charge in [0.15, 0.2) is 0 Å². The van der Waals surface area contributed by atoms with E-state index in [4.69, 9.17) is 4.74 Å². The van der Waals surface area contributed by atoms with Crippen LogP contribution in [0.3, 0.4) is 0 Å². The average Bonchev–Trinajstić information content (AvgIpc) is 3.06. The molecular formula is C24H34BrNO2. The highest BCUT2D eigenvalue weighted by Crippen LogP contribution is 2.62. The minimum atomic E-state index is 0.214. The Morgan fingerprint density at radius 2 is 2.11 bits per heavy atom. The van der Waals surface area contributed by atoms with Gasteiger partial charge in [-0.3, -0.25) is 4.79 Å². The molecule has 1 amide bonds. The Morgan fingerprint density at radius 1 is 1.29 bits per heavy atom. The standard InChI is InChI=1S/C24H34BrNO2/c1-3-26-23(27)21-10-12-24(2)11-9-19-18-8-6-17(28-14-4-13-25)15-16(18)5-7-20(19)22(21)24/h6,8,15,19-22H,3-5,7,9-14H2,1-2H3,(H,26,27)/t19-,20-,21+,22-,24-/m1/s1. The molecule has 0 heterocycles. The Bertz CT molecular complexity index is 721. The van der Waals surface area contributed by atoms with Crippen LogP contribution in [0.5, 0.6) is 5.75 Å². The van der Waals surface area contributed by atoms with Crippen molar-refractivity contribution in [2.45, 2.75) is 64.7 Å².